The molecule has 5 heteroatoms. The third-order valence-electron chi connectivity index (χ3n) is 4.20. The number of hydrogen-bond acceptors (Lipinski definition) is 3. The minimum Gasteiger partial charge on any atom is -0.481 e. The lowest BCUT2D eigenvalue weighted by atomic mass is 9.82. The molecule has 2 aliphatic rings. The summed E-state index contributed by atoms with van der Waals surface area (Å²) in [5, 5.41) is 9.22. The largest absolute Gasteiger partial charge is 0.481 e. The molecular formula is C14H22N2O3. The Labute approximate surface area is 113 Å². The van der Waals surface area contributed by atoms with E-state index in [9.17, 15) is 14.7 Å². The number of likely N-dealkylation sites (N-methyl/N-ethyl adjacent to an activating group) is 1. The predicted octanol–water partition coefficient (Wildman–Crippen LogP) is 0.818. The third kappa shape index (κ3) is 3.15. The summed E-state index contributed by atoms with van der Waals surface area (Å²) in [4.78, 5) is 27.9. The van der Waals surface area contributed by atoms with Crippen molar-refractivity contribution in [1.29, 1.82) is 0 Å². The molecule has 19 heavy (non-hydrogen) atoms. The molecule has 1 heterocycles. The van der Waals surface area contributed by atoms with Gasteiger partial charge in [0.1, 0.15) is 0 Å². The standard InChI is InChI=1S/C14H22N2O3/c1-2-15-7-9-16(10-8-15)13(17)11-5-3-4-6-12(11)14(18)19/h3-4,11-12H,2,5-10H2,1H3,(H,18,19). The van der Waals surface area contributed by atoms with Gasteiger partial charge < -0.3 is 14.9 Å². The van der Waals surface area contributed by atoms with Crippen LogP contribution in [0.1, 0.15) is 19.8 Å². The number of nitrogens with zero attached hydrogens (tertiary/aromatic N) is 2. The first-order valence-corrected chi connectivity index (χ1v) is 7.02. The van der Waals surface area contributed by atoms with Gasteiger partial charge in [-0.2, -0.15) is 0 Å². The second kappa shape index (κ2) is 6.19. The van der Waals surface area contributed by atoms with Crippen molar-refractivity contribution in [2.75, 3.05) is 32.7 Å². The van der Waals surface area contributed by atoms with Crippen LogP contribution in [0.25, 0.3) is 0 Å². The van der Waals surface area contributed by atoms with Crippen LogP contribution in [0.4, 0.5) is 0 Å². The van der Waals surface area contributed by atoms with Gasteiger partial charge in [0.05, 0.1) is 11.8 Å². The Morgan fingerprint density at radius 3 is 2.21 bits per heavy atom. The van der Waals surface area contributed by atoms with Crippen LogP contribution in [0.3, 0.4) is 0 Å². The van der Waals surface area contributed by atoms with E-state index in [1.54, 1.807) is 0 Å². The SMILES string of the molecule is CCN1CCN(C(=O)C2CC=CCC2C(=O)O)CC1. The highest BCUT2D eigenvalue weighted by molar-refractivity contribution is 5.85. The fraction of sp³-hybridized carbons (Fsp3) is 0.714. The average Bonchev–Trinajstić information content (AvgIpc) is 2.46. The fourth-order valence-corrected chi connectivity index (χ4v) is 2.88. The van der Waals surface area contributed by atoms with Crippen LogP contribution in [0.2, 0.25) is 0 Å². The van der Waals surface area contributed by atoms with Crippen molar-refractivity contribution < 1.29 is 14.7 Å². The molecule has 0 aromatic heterocycles. The van der Waals surface area contributed by atoms with Crippen molar-refractivity contribution >= 4 is 11.9 Å². The Kier molecular flexibility index (Phi) is 4.58. The lowest BCUT2D eigenvalue weighted by Crippen LogP contribution is -2.51. The van der Waals surface area contributed by atoms with Crippen molar-refractivity contribution in [3.63, 3.8) is 0 Å². The molecule has 1 fully saturated rings. The number of carboxylic acids is 1. The summed E-state index contributed by atoms with van der Waals surface area (Å²) in [5.41, 5.74) is 0. The Hall–Kier alpha value is -1.36. The topological polar surface area (TPSA) is 60.9 Å². The Balaban J connectivity index is 1.98. The van der Waals surface area contributed by atoms with Crippen molar-refractivity contribution in [2.45, 2.75) is 19.8 Å². The van der Waals surface area contributed by atoms with Gasteiger partial charge in [0, 0.05) is 26.2 Å². The number of amides is 1. The van der Waals surface area contributed by atoms with Crippen LogP contribution in [-0.4, -0.2) is 59.5 Å². The van der Waals surface area contributed by atoms with Gasteiger partial charge in [-0.05, 0) is 19.4 Å². The Bertz CT molecular complexity index is 373. The monoisotopic (exact) mass is 266 g/mol. The third-order valence-corrected chi connectivity index (χ3v) is 4.20. The molecule has 1 N–H and O–H groups in total. The van der Waals surface area contributed by atoms with E-state index in [0.717, 1.165) is 32.7 Å². The molecule has 0 bridgehead atoms. The molecule has 0 radical (unpaired) electrons. The molecule has 1 amide bonds. The predicted molar refractivity (Wildman–Crippen MR) is 71.7 cm³/mol. The number of hydrogen-bond donors (Lipinski definition) is 1. The minimum atomic E-state index is -0.852. The number of rotatable bonds is 3. The number of aliphatic carboxylic acids is 1. The van der Waals surface area contributed by atoms with Crippen LogP contribution < -0.4 is 0 Å². The Morgan fingerprint density at radius 1 is 1.11 bits per heavy atom. The summed E-state index contributed by atoms with van der Waals surface area (Å²) in [6.45, 7) is 6.35. The van der Waals surface area contributed by atoms with Gasteiger partial charge >= 0.3 is 5.97 Å². The lowest BCUT2D eigenvalue weighted by Gasteiger charge is -2.37. The maximum absolute atomic E-state index is 12.5. The zero-order valence-corrected chi connectivity index (χ0v) is 11.4. The molecule has 0 aromatic rings. The molecule has 1 saturated heterocycles. The first kappa shape index (κ1) is 14.1. The van der Waals surface area contributed by atoms with E-state index >= 15 is 0 Å². The van der Waals surface area contributed by atoms with Gasteiger partial charge in [0.2, 0.25) is 5.91 Å². The molecule has 0 spiro atoms. The van der Waals surface area contributed by atoms with Crippen LogP contribution in [0.15, 0.2) is 12.2 Å². The van der Waals surface area contributed by atoms with E-state index in [2.05, 4.69) is 11.8 Å². The van der Waals surface area contributed by atoms with Crippen LogP contribution >= 0.6 is 0 Å². The maximum Gasteiger partial charge on any atom is 0.307 e. The number of carboxylic acid groups (broad SMARTS) is 1. The summed E-state index contributed by atoms with van der Waals surface area (Å²) in [6.07, 6.45) is 4.84. The van der Waals surface area contributed by atoms with E-state index in [0.29, 0.717) is 12.8 Å². The molecular weight excluding hydrogens is 244 g/mol. The number of carbonyl (C=O) groups is 2. The molecule has 2 unspecified atom stereocenters. The zero-order chi connectivity index (χ0) is 13.8. The number of carbonyl (C=O) groups excluding carboxylic acids is 1. The molecule has 1 aliphatic heterocycles. The molecule has 2 rings (SSSR count). The molecule has 0 aromatic carbocycles. The normalized spacial score (nSPS) is 28.4. The van der Waals surface area contributed by atoms with Gasteiger partial charge in [0.25, 0.3) is 0 Å². The highest BCUT2D eigenvalue weighted by Crippen LogP contribution is 2.28. The molecule has 5 nitrogen and oxygen atoms in total. The second-order valence-electron chi connectivity index (χ2n) is 5.25. The van der Waals surface area contributed by atoms with E-state index in [1.165, 1.54) is 0 Å². The van der Waals surface area contributed by atoms with Crippen molar-refractivity contribution in [3.05, 3.63) is 12.2 Å². The van der Waals surface area contributed by atoms with Crippen LogP contribution in [0.5, 0.6) is 0 Å². The average molecular weight is 266 g/mol. The van der Waals surface area contributed by atoms with E-state index in [4.69, 9.17) is 0 Å². The fourth-order valence-electron chi connectivity index (χ4n) is 2.88. The minimum absolute atomic E-state index is 0.0208. The number of piperazine rings is 1. The maximum atomic E-state index is 12.5. The van der Waals surface area contributed by atoms with E-state index < -0.39 is 11.9 Å². The smallest absolute Gasteiger partial charge is 0.307 e. The van der Waals surface area contributed by atoms with Crippen LogP contribution in [0, 0.1) is 11.8 Å². The van der Waals surface area contributed by atoms with Crippen molar-refractivity contribution in [2.24, 2.45) is 11.8 Å². The van der Waals surface area contributed by atoms with Crippen molar-refractivity contribution in [3.8, 4) is 0 Å². The Morgan fingerprint density at radius 2 is 1.68 bits per heavy atom. The van der Waals surface area contributed by atoms with Gasteiger partial charge in [0.15, 0.2) is 0 Å². The molecule has 0 saturated carbocycles. The molecule has 1 aliphatic carbocycles. The zero-order valence-electron chi connectivity index (χ0n) is 11.4. The van der Waals surface area contributed by atoms with Gasteiger partial charge in [-0.1, -0.05) is 19.1 Å². The quantitative estimate of drug-likeness (QED) is 0.768. The lowest BCUT2D eigenvalue weighted by molar-refractivity contribution is -0.151. The second-order valence-corrected chi connectivity index (χ2v) is 5.25. The molecule has 106 valence electrons. The van der Waals surface area contributed by atoms with Crippen molar-refractivity contribution in [1.82, 2.24) is 9.80 Å². The van der Waals surface area contributed by atoms with Gasteiger partial charge in [-0.25, -0.2) is 0 Å². The highest BCUT2D eigenvalue weighted by Gasteiger charge is 2.36. The van der Waals surface area contributed by atoms with Gasteiger partial charge in [-0.15, -0.1) is 0 Å². The van der Waals surface area contributed by atoms with Gasteiger partial charge in [-0.3, -0.25) is 9.59 Å². The van der Waals surface area contributed by atoms with E-state index in [1.807, 2.05) is 17.1 Å². The summed E-state index contributed by atoms with van der Waals surface area (Å²) < 4.78 is 0. The number of allylic oxidation sites excluding steroid dienone is 2. The van der Waals surface area contributed by atoms with Crippen LogP contribution in [-0.2, 0) is 9.59 Å². The first-order valence-electron chi connectivity index (χ1n) is 7.02. The summed E-state index contributed by atoms with van der Waals surface area (Å²) in [6, 6.07) is 0. The summed E-state index contributed by atoms with van der Waals surface area (Å²) in [5.74, 6) is -1.76. The summed E-state index contributed by atoms with van der Waals surface area (Å²) in [7, 11) is 0. The van der Waals surface area contributed by atoms with E-state index in [-0.39, 0.29) is 11.8 Å². The summed E-state index contributed by atoms with van der Waals surface area (Å²) >= 11 is 0. The highest BCUT2D eigenvalue weighted by atomic mass is 16.4. The molecule has 2 atom stereocenters. The first-order chi connectivity index (χ1) is 9.13.